The molecule has 20 heavy (non-hydrogen) atoms. The van der Waals surface area contributed by atoms with Crippen molar-refractivity contribution in [1.29, 1.82) is 0 Å². The smallest absolute Gasteiger partial charge is 0.259 e. The average Bonchev–Trinajstić information content (AvgIpc) is 2.42. The minimum Gasteiger partial charge on any atom is -0.383 e. The van der Waals surface area contributed by atoms with Gasteiger partial charge in [-0.2, -0.15) is 0 Å². The van der Waals surface area contributed by atoms with Gasteiger partial charge in [-0.3, -0.25) is 4.79 Å². The van der Waals surface area contributed by atoms with Gasteiger partial charge in [0.1, 0.15) is 11.6 Å². The highest BCUT2D eigenvalue weighted by Gasteiger charge is 2.18. The monoisotopic (exact) mass is 285 g/mol. The second-order valence-corrected chi connectivity index (χ2v) is 3.76. The summed E-state index contributed by atoms with van der Waals surface area (Å²) in [6, 6.07) is 2.26. The largest absolute Gasteiger partial charge is 0.383 e. The van der Waals surface area contributed by atoms with Crippen molar-refractivity contribution in [3.63, 3.8) is 0 Å². The van der Waals surface area contributed by atoms with Crippen LogP contribution < -0.4 is 11.1 Å². The number of anilines is 2. The number of aromatic nitrogens is 1. The zero-order chi connectivity index (χ0) is 14.9. The van der Waals surface area contributed by atoms with E-state index in [2.05, 4.69) is 4.98 Å². The molecule has 0 radical (unpaired) electrons. The SMILES string of the molecule is Nc1ncc(F)cc1C(=O)Nc1ccc(F)c(F)c1F. The van der Waals surface area contributed by atoms with E-state index < -0.39 is 34.9 Å². The van der Waals surface area contributed by atoms with Gasteiger partial charge in [-0.05, 0) is 18.2 Å². The Morgan fingerprint density at radius 2 is 1.85 bits per heavy atom. The van der Waals surface area contributed by atoms with Crippen molar-refractivity contribution in [2.24, 2.45) is 0 Å². The van der Waals surface area contributed by atoms with Crippen molar-refractivity contribution in [2.75, 3.05) is 11.1 Å². The topological polar surface area (TPSA) is 68.0 Å². The number of hydrogen-bond acceptors (Lipinski definition) is 3. The van der Waals surface area contributed by atoms with Crippen LogP contribution in [0.25, 0.3) is 0 Å². The summed E-state index contributed by atoms with van der Waals surface area (Å²) in [5.41, 5.74) is 4.42. The Hall–Kier alpha value is -2.64. The van der Waals surface area contributed by atoms with Crippen LogP contribution in [0, 0.1) is 23.3 Å². The Bertz CT molecular complexity index is 691. The molecule has 2 rings (SSSR count). The molecule has 1 heterocycles. The van der Waals surface area contributed by atoms with E-state index in [1.165, 1.54) is 0 Å². The normalized spacial score (nSPS) is 10.4. The van der Waals surface area contributed by atoms with E-state index in [-0.39, 0.29) is 11.4 Å². The number of rotatable bonds is 2. The molecule has 2 aromatic rings. The lowest BCUT2D eigenvalue weighted by molar-refractivity contribution is 0.102. The highest BCUT2D eigenvalue weighted by molar-refractivity contribution is 6.07. The first-order chi connectivity index (χ1) is 9.40. The molecule has 0 atom stereocenters. The number of nitrogens with two attached hydrogens (primary N) is 1. The number of amides is 1. The lowest BCUT2D eigenvalue weighted by Gasteiger charge is -2.08. The molecule has 1 aromatic carbocycles. The van der Waals surface area contributed by atoms with E-state index in [1.54, 1.807) is 0 Å². The number of nitrogens with zero attached hydrogens (tertiary/aromatic N) is 1. The molecule has 1 amide bonds. The van der Waals surface area contributed by atoms with Gasteiger partial charge in [-0.1, -0.05) is 0 Å². The average molecular weight is 285 g/mol. The van der Waals surface area contributed by atoms with Crippen molar-refractivity contribution in [3.8, 4) is 0 Å². The van der Waals surface area contributed by atoms with Crippen molar-refractivity contribution in [3.05, 3.63) is 53.2 Å². The van der Waals surface area contributed by atoms with E-state index in [4.69, 9.17) is 5.73 Å². The maximum absolute atomic E-state index is 13.4. The summed E-state index contributed by atoms with van der Waals surface area (Å²) in [7, 11) is 0. The summed E-state index contributed by atoms with van der Waals surface area (Å²) >= 11 is 0. The fourth-order valence-corrected chi connectivity index (χ4v) is 1.44. The number of carbonyl (C=O) groups excluding carboxylic acids is 1. The van der Waals surface area contributed by atoms with E-state index in [0.29, 0.717) is 6.07 Å². The fourth-order valence-electron chi connectivity index (χ4n) is 1.44. The Labute approximate surface area is 110 Å². The molecule has 0 saturated carbocycles. The summed E-state index contributed by atoms with van der Waals surface area (Å²) in [6.07, 6.45) is 0.796. The number of halogens is 4. The zero-order valence-corrected chi connectivity index (χ0v) is 9.75. The number of nitrogens with one attached hydrogen (secondary N) is 1. The van der Waals surface area contributed by atoms with Crippen LogP contribution in [-0.2, 0) is 0 Å². The lowest BCUT2D eigenvalue weighted by Crippen LogP contribution is -2.16. The molecule has 104 valence electrons. The van der Waals surface area contributed by atoms with Gasteiger partial charge in [0.25, 0.3) is 5.91 Å². The lowest BCUT2D eigenvalue weighted by atomic mass is 10.2. The Balaban J connectivity index is 2.33. The van der Waals surface area contributed by atoms with Gasteiger partial charge < -0.3 is 11.1 Å². The van der Waals surface area contributed by atoms with Crippen LogP contribution in [0.1, 0.15) is 10.4 Å². The first-order valence-electron chi connectivity index (χ1n) is 5.26. The van der Waals surface area contributed by atoms with Gasteiger partial charge in [-0.25, -0.2) is 22.5 Å². The molecule has 3 N–H and O–H groups in total. The van der Waals surface area contributed by atoms with E-state index in [1.807, 2.05) is 5.32 Å². The molecule has 8 heteroatoms. The van der Waals surface area contributed by atoms with Crippen LogP contribution in [0.15, 0.2) is 24.4 Å². The number of hydrogen-bond donors (Lipinski definition) is 2. The quantitative estimate of drug-likeness (QED) is 0.658. The predicted octanol–water partition coefficient (Wildman–Crippen LogP) is 2.47. The summed E-state index contributed by atoms with van der Waals surface area (Å²) in [5, 5.41) is 1.96. The highest BCUT2D eigenvalue weighted by atomic mass is 19.2. The highest BCUT2D eigenvalue weighted by Crippen LogP contribution is 2.21. The summed E-state index contributed by atoms with van der Waals surface area (Å²) in [5.74, 6) is -6.80. The number of benzene rings is 1. The third-order valence-corrected chi connectivity index (χ3v) is 2.41. The van der Waals surface area contributed by atoms with Crippen LogP contribution in [0.3, 0.4) is 0 Å². The number of carbonyl (C=O) groups is 1. The van der Waals surface area contributed by atoms with Crippen molar-refractivity contribution >= 4 is 17.4 Å². The van der Waals surface area contributed by atoms with Crippen molar-refractivity contribution in [2.45, 2.75) is 0 Å². The molecule has 0 aliphatic heterocycles. The molecule has 0 saturated heterocycles. The molecule has 0 fully saturated rings. The summed E-state index contributed by atoms with van der Waals surface area (Å²) in [6.45, 7) is 0. The molecule has 1 aromatic heterocycles. The first-order valence-corrected chi connectivity index (χ1v) is 5.26. The standard InChI is InChI=1S/C12H7F4N3O/c13-5-3-6(11(17)18-4-5)12(20)19-8-2-1-7(14)9(15)10(8)16/h1-4H,(H2,17,18)(H,19,20). The number of pyridine rings is 1. The summed E-state index contributed by atoms with van der Waals surface area (Å²) < 4.78 is 52.0. The molecule has 0 aliphatic carbocycles. The maximum atomic E-state index is 13.4. The molecule has 0 bridgehead atoms. The second-order valence-electron chi connectivity index (χ2n) is 3.76. The van der Waals surface area contributed by atoms with E-state index in [0.717, 1.165) is 18.3 Å². The van der Waals surface area contributed by atoms with E-state index >= 15 is 0 Å². The Morgan fingerprint density at radius 3 is 2.55 bits per heavy atom. The maximum Gasteiger partial charge on any atom is 0.259 e. The molecular weight excluding hydrogens is 278 g/mol. The number of nitrogen functional groups attached to an aromatic ring is 1. The predicted molar refractivity (Wildman–Crippen MR) is 62.9 cm³/mol. The van der Waals surface area contributed by atoms with Crippen LogP contribution in [0.5, 0.6) is 0 Å². The fraction of sp³-hybridized carbons (Fsp3) is 0. The van der Waals surface area contributed by atoms with Crippen molar-refractivity contribution in [1.82, 2.24) is 4.98 Å². The van der Waals surface area contributed by atoms with Crippen LogP contribution in [0.2, 0.25) is 0 Å². The van der Waals surface area contributed by atoms with Gasteiger partial charge in [0.2, 0.25) is 0 Å². The molecule has 0 unspecified atom stereocenters. The third-order valence-electron chi connectivity index (χ3n) is 2.41. The summed E-state index contributed by atoms with van der Waals surface area (Å²) in [4.78, 5) is 15.2. The molecule has 0 spiro atoms. The van der Waals surface area contributed by atoms with E-state index in [9.17, 15) is 22.4 Å². The second kappa shape index (κ2) is 5.16. The first kappa shape index (κ1) is 13.8. The molecular formula is C12H7F4N3O. The minimum absolute atomic E-state index is 0.285. The van der Waals surface area contributed by atoms with Gasteiger partial charge in [0.05, 0.1) is 17.4 Å². The van der Waals surface area contributed by atoms with Crippen LogP contribution in [-0.4, -0.2) is 10.9 Å². The van der Waals surface area contributed by atoms with Gasteiger partial charge in [-0.15, -0.1) is 0 Å². The molecule has 0 aliphatic rings. The Kier molecular flexibility index (Phi) is 3.55. The molecule has 4 nitrogen and oxygen atoms in total. The Morgan fingerprint density at radius 1 is 1.15 bits per heavy atom. The van der Waals surface area contributed by atoms with Crippen LogP contribution in [0.4, 0.5) is 29.1 Å². The zero-order valence-electron chi connectivity index (χ0n) is 9.75. The van der Waals surface area contributed by atoms with Gasteiger partial charge >= 0.3 is 0 Å². The van der Waals surface area contributed by atoms with Gasteiger partial charge in [0.15, 0.2) is 17.5 Å². The van der Waals surface area contributed by atoms with Gasteiger partial charge in [0, 0.05) is 0 Å². The minimum atomic E-state index is -1.73. The van der Waals surface area contributed by atoms with Crippen LogP contribution >= 0.6 is 0 Å². The van der Waals surface area contributed by atoms with Crippen molar-refractivity contribution < 1.29 is 22.4 Å². The third kappa shape index (κ3) is 2.53.